The quantitative estimate of drug-likeness (QED) is 0.876. The number of nitrogens with two attached hydrogens (primary N) is 1. The van der Waals surface area contributed by atoms with Crippen LogP contribution in [0.15, 0.2) is 36.4 Å². The Morgan fingerprint density at radius 1 is 1.05 bits per heavy atom. The molecule has 0 spiro atoms. The third-order valence-electron chi connectivity index (χ3n) is 3.05. The van der Waals surface area contributed by atoms with Crippen LogP contribution in [0.5, 0.6) is 11.5 Å². The van der Waals surface area contributed by atoms with E-state index in [1.54, 1.807) is 0 Å². The van der Waals surface area contributed by atoms with E-state index in [1.165, 1.54) is 0 Å². The molecule has 0 radical (unpaired) electrons. The minimum absolute atomic E-state index is 0.0352. The molecule has 0 aliphatic rings. The van der Waals surface area contributed by atoms with Gasteiger partial charge in [-0.25, -0.2) is 0 Å². The van der Waals surface area contributed by atoms with E-state index in [0.29, 0.717) is 0 Å². The largest absolute Gasteiger partial charge is 0.457 e. The molecule has 1 atom stereocenters. The fraction of sp³-hybridized carbons (Fsp3) is 0.250. The minimum Gasteiger partial charge on any atom is -0.457 e. The number of benzene rings is 2. The van der Waals surface area contributed by atoms with E-state index < -0.39 is 0 Å². The van der Waals surface area contributed by atoms with Crippen molar-refractivity contribution >= 4 is 11.6 Å². The summed E-state index contributed by atoms with van der Waals surface area (Å²) in [7, 11) is 0. The molecule has 2 nitrogen and oxygen atoms in total. The van der Waals surface area contributed by atoms with Crippen molar-refractivity contribution in [3.63, 3.8) is 0 Å². The van der Waals surface area contributed by atoms with Crippen LogP contribution in [0.4, 0.5) is 0 Å². The van der Waals surface area contributed by atoms with E-state index in [2.05, 4.69) is 0 Å². The first kappa shape index (κ1) is 13.9. The number of ether oxygens (including phenoxy) is 1. The van der Waals surface area contributed by atoms with Gasteiger partial charge >= 0.3 is 0 Å². The van der Waals surface area contributed by atoms with Crippen LogP contribution in [0.2, 0.25) is 5.02 Å². The first-order valence-electron chi connectivity index (χ1n) is 6.27. The zero-order valence-electron chi connectivity index (χ0n) is 11.4. The van der Waals surface area contributed by atoms with Crippen LogP contribution in [0.1, 0.15) is 29.7 Å². The zero-order valence-corrected chi connectivity index (χ0v) is 12.2. The van der Waals surface area contributed by atoms with Gasteiger partial charge in [0, 0.05) is 11.1 Å². The van der Waals surface area contributed by atoms with Crippen LogP contribution < -0.4 is 10.5 Å². The molecule has 100 valence electrons. The van der Waals surface area contributed by atoms with Crippen LogP contribution in [0, 0.1) is 13.8 Å². The predicted molar refractivity (Wildman–Crippen MR) is 80.0 cm³/mol. The molecule has 0 aromatic heterocycles. The standard InChI is InChI=1S/C16H18ClNO/c1-10-8-14(17)9-11(2)16(10)19-15-6-4-13(5-7-15)12(3)18/h4-9,12H,18H2,1-3H3/t12-/m1/s1. The van der Waals surface area contributed by atoms with Crippen molar-refractivity contribution in [1.29, 1.82) is 0 Å². The molecule has 2 aromatic rings. The van der Waals surface area contributed by atoms with Crippen molar-refractivity contribution in [2.45, 2.75) is 26.8 Å². The number of rotatable bonds is 3. The molecule has 2 N–H and O–H groups in total. The van der Waals surface area contributed by atoms with Gasteiger partial charge in [-0.15, -0.1) is 0 Å². The molecular formula is C16H18ClNO. The zero-order chi connectivity index (χ0) is 14.0. The second-order valence-electron chi connectivity index (χ2n) is 4.83. The summed E-state index contributed by atoms with van der Waals surface area (Å²) in [6.45, 7) is 5.94. The number of hydrogen-bond acceptors (Lipinski definition) is 2. The monoisotopic (exact) mass is 275 g/mol. The van der Waals surface area contributed by atoms with Crippen LogP contribution in [-0.2, 0) is 0 Å². The molecule has 0 amide bonds. The summed E-state index contributed by atoms with van der Waals surface area (Å²) in [6.07, 6.45) is 0. The van der Waals surface area contributed by atoms with Gasteiger partial charge in [0.2, 0.25) is 0 Å². The van der Waals surface area contributed by atoms with Gasteiger partial charge < -0.3 is 10.5 Å². The Bertz CT molecular complexity index is 553. The molecule has 0 bridgehead atoms. The van der Waals surface area contributed by atoms with Gasteiger partial charge in [-0.2, -0.15) is 0 Å². The van der Waals surface area contributed by atoms with Crippen molar-refractivity contribution in [3.8, 4) is 11.5 Å². The average molecular weight is 276 g/mol. The van der Waals surface area contributed by atoms with Gasteiger partial charge in [-0.3, -0.25) is 0 Å². The van der Waals surface area contributed by atoms with E-state index in [-0.39, 0.29) is 6.04 Å². The lowest BCUT2D eigenvalue weighted by molar-refractivity contribution is 0.475. The normalized spacial score (nSPS) is 12.3. The molecule has 2 rings (SSSR count). The third-order valence-corrected chi connectivity index (χ3v) is 3.27. The number of halogens is 1. The van der Waals surface area contributed by atoms with E-state index in [0.717, 1.165) is 33.2 Å². The summed E-state index contributed by atoms with van der Waals surface area (Å²) in [4.78, 5) is 0. The molecule has 2 aromatic carbocycles. The summed E-state index contributed by atoms with van der Waals surface area (Å²) in [5, 5.41) is 0.731. The maximum atomic E-state index is 6.01. The Morgan fingerprint density at radius 3 is 2.05 bits per heavy atom. The van der Waals surface area contributed by atoms with Crippen LogP contribution in [0.3, 0.4) is 0 Å². The molecule has 0 heterocycles. The Balaban J connectivity index is 2.26. The summed E-state index contributed by atoms with van der Waals surface area (Å²) in [5.41, 5.74) is 8.98. The first-order valence-corrected chi connectivity index (χ1v) is 6.65. The topological polar surface area (TPSA) is 35.2 Å². The van der Waals surface area contributed by atoms with Gasteiger partial charge in [0.15, 0.2) is 0 Å². The maximum absolute atomic E-state index is 6.01. The summed E-state index contributed by atoms with van der Waals surface area (Å²) in [5.74, 6) is 1.66. The van der Waals surface area contributed by atoms with Crippen molar-refractivity contribution in [3.05, 3.63) is 58.1 Å². The molecule has 0 aliphatic carbocycles. The molecule has 0 saturated carbocycles. The smallest absolute Gasteiger partial charge is 0.133 e. The lowest BCUT2D eigenvalue weighted by Gasteiger charge is -2.13. The lowest BCUT2D eigenvalue weighted by atomic mass is 10.1. The predicted octanol–water partition coefficient (Wildman–Crippen LogP) is 4.77. The van der Waals surface area contributed by atoms with Crippen molar-refractivity contribution in [1.82, 2.24) is 0 Å². The number of aryl methyl sites for hydroxylation is 2. The van der Waals surface area contributed by atoms with E-state index in [4.69, 9.17) is 22.1 Å². The van der Waals surface area contributed by atoms with Gasteiger partial charge in [0.1, 0.15) is 11.5 Å². The van der Waals surface area contributed by atoms with Crippen LogP contribution in [0.25, 0.3) is 0 Å². The Hall–Kier alpha value is -1.51. The lowest BCUT2D eigenvalue weighted by Crippen LogP contribution is -2.04. The molecule has 3 heteroatoms. The van der Waals surface area contributed by atoms with Crippen molar-refractivity contribution in [2.24, 2.45) is 5.73 Å². The fourth-order valence-corrected chi connectivity index (χ4v) is 2.34. The Kier molecular flexibility index (Phi) is 4.13. The molecule has 0 saturated heterocycles. The Labute approximate surface area is 119 Å². The maximum Gasteiger partial charge on any atom is 0.133 e. The summed E-state index contributed by atoms with van der Waals surface area (Å²) >= 11 is 6.01. The third kappa shape index (κ3) is 3.28. The van der Waals surface area contributed by atoms with Crippen LogP contribution in [-0.4, -0.2) is 0 Å². The SMILES string of the molecule is Cc1cc(Cl)cc(C)c1Oc1ccc([C@@H](C)N)cc1. The minimum atomic E-state index is 0.0352. The summed E-state index contributed by atoms with van der Waals surface area (Å²) in [6, 6.07) is 11.7. The highest BCUT2D eigenvalue weighted by atomic mass is 35.5. The van der Waals surface area contributed by atoms with Crippen molar-refractivity contribution < 1.29 is 4.74 Å². The first-order chi connectivity index (χ1) is 8.97. The second kappa shape index (κ2) is 5.64. The number of hydrogen-bond donors (Lipinski definition) is 1. The van der Waals surface area contributed by atoms with Gasteiger partial charge in [0.25, 0.3) is 0 Å². The fourth-order valence-electron chi connectivity index (χ4n) is 2.02. The highest BCUT2D eigenvalue weighted by molar-refractivity contribution is 6.30. The van der Waals surface area contributed by atoms with Crippen molar-refractivity contribution in [2.75, 3.05) is 0 Å². The van der Waals surface area contributed by atoms with Gasteiger partial charge in [-0.1, -0.05) is 23.7 Å². The van der Waals surface area contributed by atoms with Crippen LogP contribution >= 0.6 is 11.6 Å². The Morgan fingerprint density at radius 2 is 1.58 bits per heavy atom. The second-order valence-corrected chi connectivity index (χ2v) is 5.26. The molecule has 0 aliphatic heterocycles. The highest BCUT2D eigenvalue weighted by Crippen LogP contribution is 2.31. The van der Waals surface area contributed by atoms with E-state index in [9.17, 15) is 0 Å². The molecule has 0 fully saturated rings. The van der Waals surface area contributed by atoms with E-state index >= 15 is 0 Å². The van der Waals surface area contributed by atoms with Gasteiger partial charge in [0.05, 0.1) is 0 Å². The van der Waals surface area contributed by atoms with Gasteiger partial charge in [-0.05, 0) is 61.7 Å². The molecular weight excluding hydrogens is 258 g/mol. The summed E-state index contributed by atoms with van der Waals surface area (Å²) < 4.78 is 5.93. The molecule has 0 unspecified atom stereocenters. The van der Waals surface area contributed by atoms with E-state index in [1.807, 2.05) is 57.2 Å². The highest BCUT2D eigenvalue weighted by Gasteiger charge is 2.07. The molecule has 19 heavy (non-hydrogen) atoms. The average Bonchev–Trinajstić information content (AvgIpc) is 2.34.